The van der Waals surface area contributed by atoms with E-state index in [0.717, 1.165) is 30.2 Å². The van der Waals surface area contributed by atoms with Gasteiger partial charge in [0.15, 0.2) is 0 Å². The van der Waals surface area contributed by atoms with Crippen molar-refractivity contribution in [3.05, 3.63) is 65.2 Å². The van der Waals surface area contributed by atoms with Gasteiger partial charge in [-0.05, 0) is 62.4 Å². The molecule has 1 amide bonds. The van der Waals surface area contributed by atoms with Crippen molar-refractivity contribution < 1.29 is 13.2 Å². The highest BCUT2D eigenvalue weighted by atomic mass is 32.2. The van der Waals surface area contributed by atoms with E-state index in [1.54, 1.807) is 19.1 Å². The van der Waals surface area contributed by atoms with Crippen molar-refractivity contribution in [2.75, 3.05) is 17.1 Å². The van der Waals surface area contributed by atoms with Crippen LogP contribution in [0, 0.1) is 13.8 Å². The lowest BCUT2D eigenvalue weighted by Crippen LogP contribution is -2.48. The number of carbonyl (C=O) groups is 1. The highest BCUT2D eigenvalue weighted by Crippen LogP contribution is 2.23. The molecule has 0 bridgehead atoms. The van der Waals surface area contributed by atoms with Crippen molar-refractivity contribution in [1.29, 1.82) is 0 Å². The topological polar surface area (TPSA) is 66.5 Å². The van der Waals surface area contributed by atoms with Gasteiger partial charge in [0, 0.05) is 6.54 Å². The van der Waals surface area contributed by atoms with Gasteiger partial charge >= 0.3 is 0 Å². The van der Waals surface area contributed by atoms with E-state index in [2.05, 4.69) is 17.4 Å². The SMILES string of the molecule is Cc1ccc(N([C@H](C)C(=O)NCCCc2ccccc2)S(C)(=O)=O)cc1C. The normalized spacial score (nSPS) is 12.4. The number of nitrogens with zero attached hydrogens (tertiary/aromatic N) is 1. The van der Waals surface area contributed by atoms with Gasteiger partial charge in [0.2, 0.25) is 15.9 Å². The van der Waals surface area contributed by atoms with Gasteiger partial charge in [-0.25, -0.2) is 8.42 Å². The van der Waals surface area contributed by atoms with Crippen LogP contribution in [0.5, 0.6) is 0 Å². The number of anilines is 1. The summed E-state index contributed by atoms with van der Waals surface area (Å²) in [6.07, 6.45) is 2.79. The zero-order chi connectivity index (χ0) is 20.0. The van der Waals surface area contributed by atoms with E-state index in [1.807, 2.05) is 38.1 Å². The predicted molar refractivity (Wildman–Crippen MR) is 110 cm³/mol. The van der Waals surface area contributed by atoms with Gasteiger partial charge in [-0.2, -0.15) is 0 Å². The van der Waals surface area contributed by atoms with E-state index in [1.165, 1.54) is 9.87 Å². The van der Waals surface area contributed by atoms with Crippen molar-refractivity contribution in [3.8, 4) is 0 Å². The Hall–Kier alpha value is -2.34. The molecule has 1 N–H and O–H groups in total. The first-order chi connectivity index (χ1) is 12.7. The molecule has 146 valence electrons. The smallest absolute Gasteiger partial charge is 0.243 e. The molecule has 0 heterocycles. The summed E-state index contributed by atoms with van der Waals surface area (Å²) in [7, 11) is -3.59. The fraction of sp³-hybridized carbons (Fsp3) is 0.381. The van der Waals surface area contributed by atoms with Crippen molar-refractivity contribution in [1.82, 2.24) is 5.32 Å². The number of hydrogen-bond acceptors (Lipinski definition) is 3. The first-order valence-electron chi connectivity index (χ1n) is 9.08. The van der Waals surface area contributed by atoms with Crippen LogP contribution >= 0.6 is 0 Å². The van der Waals surface area contributed by atoms with Gasteiger partial charge in [0.05, 0.1) is 11.9 Å². The number of nitrogens with one attached hydrogen (secondary N) is 1. The number of sulfonamides is 1. The molecular weight excluding hydrogens is 360 g/mol. The molecule has 1 atom stereocenters. The lowest BCUT2D eigenvalue weighted by Gasteiger charge is -2.28. The Kier molecular flexibility index (Phi) is 7.02. The summed E-state index contributed by atoms with van der Waals surface area (Å²) in [6, 6.07) is 14.6. The molecule has 0 spiro atoms. The molecule has 0 fully saturated rings. The Bertz CT molecular complexity index is 880. The van der Waals surface area contributed by atoms with E-state index < -0.39 is 16.1 Å². The van der Waals surface area contributed by atoms with E-state index in [4.69, 9.17) is 0 Å². The largest absolute Gasteiger partial charge is 0.354 e. The maximum Gasteiger partial charge on any atom is 0.243 e. The third kappa shape index (κ3) is 5.82. The van der Waals surface area contributed by atoms with Gasteiger partial charge in [0.25, 0.3) is 0 Å². The molecule has 0 aliphatic rings. The molecule has 2 rings (SSSR count). The van der Waals surface area contributed by atoms with Gasteiger partial charge in [-0.3, -0.25) is 9.10 Å². The number of aryl methyl sites for hydroxylation is 3. The summed E-state index contributed by atoms with van der Waals surface area (Å²) in [5.74, 6) is -0.299. The fourth-order valence-corrected chi connectivity index (χ4v) is 4.13. The number of benzene rings is 2. The maximum absolute atomic E-state index is 12.6. The first kappa shape index (κ1) is 21.0. The average molecular weight is 389 g/mol. The Morgan fingerprint density at radius 1 is 1.07 bits per heavy atom. The molecule has 2 aromatic carbocycles. The minimum absolute atomic E-state index is 0.299. The van der Waals surface area contributed by atoms with Crippen molar-refractivity contribution >= 4 is 21.6 Å². The molecular formula is C21H28N2O3S. The van der Waals surface area contributed by atoms with Crippen molar-refractivity contribution in [2.45, 2.75) is 39.7 Å². The van der Waals surface area contributed by atoms with Crippen molar-refractivity contribution in [2.24, 2.45) is 0 Å². The van der Waals surface area contributed by atoms with Crippen LogP contribution in [0.2, 0.25) is 0 Å². The van der Waals surface area contributed by atoms with Crippen LogP contribution in [0.4, 0.5) is 5.69 Å². The molecule has 0 aliphatic carbocycles. The lowest BCUT2D eigenvalue weighted by molar-refractivity contribution is -0.121. The second kappa shape index (κ2) is 9.04. The molecule has 6 heteroatoms. The highest BCUT2D eigenvalue weighted by molar-refractivity contribution is 7.92. The Labute approximate surface area is 162 Å². The maximum atomic E-state index is 12.6. The summed E-state index contributed by atoms with van der Waals surface area (Å²) >= 11 is 0. The summed E-state index contributed by atoms with van der Waals surface area (Å²) in [4.78, 5) is 12.6. The Balaban J connectivity index is 2.03. The average Bonchev–Trinajstić information content (AvgIpc) is 2.61. The Morgan fingerprint density at radius 2 is 1.74 bits per heavy atom. The zero-order valence-electron chi connectivity index (χ0n) is 16.4. The number of rotatable bonds is 8. The van der Waals surface area contributed by atoms with E-state index >= 15 is 0 Å². The van der Waals surface area contributed by atoms with Gasteiger partial charge < -0.3 is 5.32 Å². The zero-order valence-corrected chi connectivity index (χ0v) is 17.2. The van der Waals surface area contributed by atoms with Gasteiger partial charge in [-0.1, -0.05) is 36.4 Å². The quantitative estimate of drug-likeness (QED) is 0.706. The summed E-state index contributed by atoms with van der Waals surface area (Å²) in [5.41, 5.74) is 3.78. The lowest BCUT2D eigenvalue weighted by atomic mass is 10.1. The molecule has 0 saturated heterocycles. The fourth-order valence-electron chi connectivity index (χ4n) is 2.97. The third-order valence-corrected chi connectivity index (χ3v) is 5.86. The molecule has 0 saturated carbocycles. The van der Waals surface area contributed by atoms with Gasteiger partial charge in [0.1, 0.15) is 6.04 Å². The number of amides is 1. The molecule has 2 aromatic rings. The van der Waals surface area contributed by atoms with Crippen LogP contribution in [0.15, 0.2) is 48.5 Å². The monoisotopic (exact) mass is 388 g/mol. The molecule has 0 unspecified atom stereocenters. The molecule has 0 radical (unpaired) electrons. The van der Waals surface area contributed by atoms with Crippen LogP contribution in [-0.2, 0) is 21.2 Å². The minimum atomic E-state index is -3.59. The summed E-state index contributed by atoms with van der Waals surface area (Å²) in [6.45, 7) is 6.01. The van der Waals surface area contributed by atoms with Crippen LogP contribution < -0.4 is 9.62 Å². The standard InChI is InChI=1S/C21H28N2O3S/c1-16-12-13-20(15-17(16)2)23(27(4,25)26)18(3)21(24)22-14-8-11-19-9-6-5-7-10-19/h5-7,9-10,12-13,15,18H,8,11,14H2,1-4H3,(H,22,24)/t18-/m1/s1. The van der Waals surface area contributed by atoms with Gasteiger partial charge in [-0.15, -0.1) is 0 Å². The highest BCUT2D eigenvalue weighted by Gasteiger charge is 2.29. The van der Waals surface area contributed by atoms with E-state index in [9.17, 15) is 13.2 Å². The molecule has 0 aliphatic heterocycles. The van der Waals surface area contributed by atoms with Crippen LogP contribution in [-0.4, -0.2) is 33.2 Å². The molecule has 27 heavy (non-hydrogen) atoms. The molecule has 5 nitrogen and oxygen atoms in total. The van der Waals surface area contributed by atoms with Crippen molar-refractivity contribution in [3.63, 3.8) is 0 Å². The first-order valence-corrected chi connectivity index (χ1v) is 10.9. The summed E-state index contributed by atoms with van der Waals surface area (Å²) < 4.78 is 25.9. The Morgan fingerprint density at radius 3 is 2.33 bits per heavy atom. The molecule has 0 aromatic heterocycles. The predicted octanol–water partition coefficient (Wildman–Crippen LogP) is 3.21. The van der Waals surface area contributed by atoms with E-state index in [0.29, 0.717) is 12.2 Å². The van der Waals surface area contributed by atoms with Crippen LogP contribution in [0.25, 0.3) is 0 Å². The number of hydrogen-bond donors (Lipinski definition) is 1. The van der Waals surface area contributed by atoms with Crippen LogP contribution in [0.3, 0.4) is 0 Å². The van der Waals surface area contributed by atoms with Crippen LogP contribution in [0.1, 0.15) is 30.0 Å². The second-order valence-electron chi connectivity index (χ2n) is 6.88. The number of carbonyl (C=O) groups excluding carboxylic acids is 1. The second-order valence-corrected chi connectivity index (χ2v) is 8.74. The summed E-state index contributed by atoms with van der Waals surface area (Å²) in [5, 5.41) is 2.86. The minimum Gasteiger partial charge on any atom is -0.354 e. The third-order valence-electron chi connectivity index (χ3n) is 4.62. The van der Waals surface area contributed by atoms with E-state index in [-0.39, 0.29) is 5.91 Å².